The first kappa shape index (κ1) is 13.4. The van der Waals surface area contributed by atoms with Crippen molar-refractivity contribution in [2.45, 2.75) is 19.4 Å². The van der Waals surface area contributed by atoms with E-state index in [4.69, 9.17) is 0 Å². The van der Waals surface area contributed by atoms with E-state index in [0.717, 1.165) is 18.7 Å². The van der Waals surface area contributed by atoms with Gasteiger partial charge in [-0.05, 0) is 51.4 Å². The van der Waals surface area contributed by atoms with Gasteiger partial charge in [0.15, 0.2) is 0 Å². The van der Waals surface area contributed by atoms with Crippen molar-refractivity contribution in [2.24, 2.45) is 0 Å². The van der Waals surface area contributed by atoms with Gasteiger partial charge in [-0.3, -0.25) is 0 Å². The summed E-state index contributed by atoms with van der Waals surface area (Å²) in [4.78, 5) is 0. The van der Waals surface area contributed by atoms with Crippen molar-refractivity contribution in [1.29, 1.82) is 0 Å². The lowest BCUT2D eigenvalue weighted by atomic mass is 10.2. The van der Waals surface area contributed by atoms with Gasteiger partial charge >= 0.3 is 0 Å². The van der Waals surface area contributed by atoms with E-state index >= 15 is 0 Å². The summed E-state index contributed by atoms with van der Waals surface area (Å²) in [6, 6.07) is 5.13. The van der Waals surface area contributed by atoms with Crippen LogP contribution in [0.5, 0.6) is 0 Å². The minimum atomic E-state index is -0.193. The summed E-state index contributed by atoms with van der Waals surface area (Å²) in [5, 5.41) is 3.30. The van der Waals surface area contributed by atoms with Crippen LogP contribution in [0.1, 0.15) is 18.4 Å². The van der Waals surface area contributed by atoms with Gasteiger partial charge in [0.05, 0.1) is 4.47 Å². The SMILES string of the molecule is Fc1cccc(CNCCCCI)c1Br. The van der Waals surface area contributed by atoms with Crippen LogP contribution in [0.4, 0.5) is 4.39 Å². The molecule has 0 aliphatic rings. The van der Waals surface area contributed by atoms with Crippen molar-refractivity contribution in [3.05, 3.63) is 34.1 Å². The third-order valence-corrected chi connectivity index (χ3v) is 3.74. The molecule has 0 aliphatic carbocycles. The van der Waals surface area contributed by atoms with Crippen LogP contribution in [-0.2, 0) is 6.54 Å². The summed E-state index contributed by atoms with van der Waals surface area (Å²) in [7, 11) is 0. The highest BCUT2D eigenvalue weighted by Gasteiger charge is 2.03. The van der Waals surface area contributed by atoms with E-state index in [1.807, 2.05) is 6.07 Å². The van der Waals surface area contributed by atoms with E-state index in [1.165, 1.54) is 23.3 Å². The minimum absolute atomic E-state index is 0.193. The van der Waals surface area contributed by atoms with E-state index < -0.39 is 0 Å². The molecule has 0 atom stereocenters. The number of nitrogens with one attached hydrogen (secondary N) is 1. The predicted octanol–water partition coefficient (Wildman–Crippen LogP) is 3.89. The highest BCUT2D eigenvalue weighted by molar-refractivity contribution is 14.1. The summed E-state index contributed by atoms with van der Waals surface area (Å²) in [6.07, 6.45) is 2.41. The third kappa shape index (κ3) is 4.78. The fourth-order valence-corrected chi connectivity index (χ4v) is 2.20. The molecule has 1 rings (SSSR count). The molecule has 0 radical (unpaired) electrons. The van der Waals surface area contributed by atoms with Gasteiger partial charge in [-0.25, -0.2) is 4.39 Å². The molecule has 1 N–H and O–H groups in total. The Balaban J connectivity index is 2.34. The highest BCUT2D eigenvalue weighted by Crippen LogP contribution is 2.19. The number of unbranched alkanes of at least 4 members (excludes halogenated alkanes) is 1. The summed E-state index contributed by atoms with van der Waals surface area (Å²) in [5.74, 6) is -0.193. The van der Waals surface area contributed by atoms with Crippen LogP contribution in [0.15, 0.2) is 22.7 Å². The highest BCUT2D eigenvalue weighted by atomic mass is 127. The van der Waals surface area contributed by atoms with Gasteiger partial charge < -0.3 is 5.32 Å². The van der Waals surface area contributed by atoms with Crippen LogP contribution >= 0.6 is 38.5 Å². The Labute approximate surface area is 112 Å². The van der Waals surface area contributed by atoms with Crippen LogP contribution in [0.3, 0.4) is 0 Å². The Morgan fingerprint density at radius 1 is 1.33 bits per heavy atom. The first-order valence-corrected chi connectivity index (χ1v) is 7.27. The second-order valence-corrected chi connectivity index (χ2v) is 5.16. The first-order chi connectivity index (χ1) is 7.25. The van der Waals surface area contributed by atoms with Crippen molar-refractivity contribution >= 4 is 38.5 Å². The maximum Gasteiger partial charge on any atom is 0.137 e. The van der Waals surface area contributed by atoms with Gasteiger partial charge in [0.25, 0.3) is 0 Å². The first-order valence-electron chi connectivity index (χ1n) is 4.95. The number of hydrogen-bond donors (Lipinski definition) is 1. The molecule has 1 aromatic carbocycles. The molecule has 15 heavy (non-hydrogen) atoms. The lowest BCUT2D eigenvalue weighted by Gasteiger charge is -2.06. The van der Waals surface area contributed by atoms with E-state index in [-0.39, 0.29) is 5.82 Å². The van der Waals surface area contributed by atoms with Gasteiger partial charge in [-0.2, -0.15) is 0 Å². The molecule has 0 bridgehead atoms. The lowest BCUT2D eigenvalue weighted by Crippen LogP contribution is -2.15. The van der Waals surface area contributed by atoms with Gasteiger partial charge in [-0.15, -0.1) is 0 Å². The summed E-state index contributed by atoms with van der Waals surface area (Å²) >= 11 is 5.62. The fraction of sp³-hybridized carbons (Fsp3) is 0.455. The van der Waals surface area contributed by atoms with Crippen molar-refractivity contribution in [3.8, 4) is 0 Å². The molecule has 0 amide bonds. The Kier molecular flexibility index (Phi) is 6.76. The average molecular weight is 386 g/mol. The van der Waals surface area contributed by atoms with Gasteiger partial charge in [0, 0.05) is 6.54 Å². The predicted molar refractivity (Wildman–Crippen MR) is 73.9 cm³/mol. The smallest absolute Gasteiger partial charge is 0.137 e. The molecule has 0 saturated heterocycles. The summed E-state index contributed by atoms with van der Waals surface area (Å²) < 4.78 is 14.9. The number of halogens is 3. The molecule has 0 fully saturated rings. The molecule has 0 heterocycles. The molecule has 0 aliphatic heterocycles. The quantitative estimate of drug-likeness (QED) is 0.445. The maximum atomic E-state index is 13.1. The van der Waals surface area contributed by atoms with Crippen molar-refractivity contribution in [2.75, 3.05) is 11.0 Å². The van der Waals surface area contributed by atoms with Crippen molar-refractivity contribution in [3.63, 3.8) is 0 Å². The third-order valence-electron chi connectivity index (χ3n) is 2.08. The normalized spacial score (nSPS) is 10.6. The Morgan fingerprint density at radius 2 is 2.13 bits per heavy atom. The van der Waals surface area contributed by atoms with Gasteiger partial charge in [0.2, 0.25) is 0 Å². The largest absolute Gasteiger partial charge is 0.313 e. The minimum Gasteiger partial charge on any atom is -0.313 e. The second kappa shape index (κ2) is 7.57. The lowest BCUT2D eigenvalue weighted by molar-refractivity contribution is 0.607. The molecular formula is C11H14BrFIN. The van der Waals surface area contributed by atoms with Crippen LogP contribution in [0.2, 0.25) is 0 Å². The topological polar surface area (TPSA) is 12.0 Å². The van der Waals surface area contributed by atoms with E-state index in [2.05, 4.69) is 43.8 Å². The molecule has 4 heteroatoms. The van der Waals surface area contributed by atoms with Crippen LogP contribution in [0, 0.1) is 5.82 Å². The fourth-order valence-electron chi connectivity index (χ4n) is 1.25. The molecule has 84 valence electrons. The molecule has 1 nitrogen and oxygen atoms in total. The van der Waals surface area contributed by atoms with E-state index in [0.29, 0.717) is 4.47 Å². The zero-order valence-corrected chi connectivity index (χ0v) is 12.1. The molecule has 0 spiro atoms. The Bertz CT molecular complexity index is 307. The second-order valence-electron chi connectivity index (χ2n) is 3.29. The summed E-state index contributed by atoms with van der Waals surface area (Å²) in [6.45, 7) is 1.71. The summed E-state index contributed by atoms with van der Waals surface area (Å²) in [5.41, 5.74) is 0.976. The van der Waals surface area contributed by atoms with Crippen molar-refractivity contribution in [1.82, 2.24) is 5.32 Å². The zero-order chi connectivity index (χ0) is 11.1. The molecule has 1 aromatic rings. The number of alkyl halides is 1. The van der Waals surface area contributed by atoms with E-state index in [9.17, 15) is 4.39 Å². The molecule has 0 aromatic heterocycles. The van der Waals surface area contributed by atoms with E-state index in [1.54, 1.807) is 6.07 Å². The number of rotatable bonds is 6. The van der Waals surface area contributed by atoms with Crippen molar-refractivity contribution < 1.29 is 4.39 Å². The number of hydrogen-bond acceptors (Lipinski definition) is 1. The van der Waals surface area contributed by atoms with Crippen LogP contribution in [0.25, 0.3) is 0 Å². The Hall–Kier alpha value is 0.320. The average Bonchev–Trinajstić information content (AvgIpc) is 2.24. The maximum absolute atomic E-state index is 13.1. The monoisotopic (exact) mass is 385 g/mol. The Morgan fingerprint density at radius 3 is 2.87 bits per heavy atom. The molecule has 0 saturated carbocycles. The van der Waals surface area contributed by atoms with Crippen LogP contribution in [-0.4, -0.2) is 11.0 Å². The standard InChI is InChI=1S/C11H14BrFIN/c12-11-9(4-3-5-10(11)13)8-15-7-2-1-6-14/h3-5,15H,1-2,6-8H2. The van der Waals surface area contributed by atoms with Crippen LogP contribution < -0.4 is 5.32 Å². The molecule has 0 unspecified atom stereocenters. The molecular weight excluding hydrogens is 372 g/mol. The van der Waals surface area contributed by atoms with Gasteiger partial charge in [-0.1, -0.05) is 34.7 Å². The zero-order valence-electron chi connectivity index (χ0n) is 8.40. The number of benzene rings is 1. The van der Waals surface area contributed by atoms with Gasteiger partial charge in [0.1, 0.15) is 5.82 Å².